The second-order valence-electron chi connectivity index (χ2n) is 3.60. The van der Waals surface area contributed by atoms with Crippen molar-refractivity contribution in [2.45, 2.75) is 37.3 Å². The van der Waals surface area contributed by atoms with Crippen molar-refractivity contribution in [2.24, 2.45) is 0 Å². The summed E-state index contributed by atoms with van der Waals surface area (Å²) in [4.78, 5) is 10.7. The molecule has 8 heteroatoms. The van der Waals surface area contributed by atoms with Crippen LogP contribution in [-0.2, 0) is 9.53 Å². The molecule has 5 atom stereocenters. The second kappa shape index (κ2) is 4.60. The lowest BCUT2D eigenvalue weighted by atomic mass is 9.94. The molecule has 0 saturated carbocycles. The first-order chi connectivity index (χ1) is 7.30. The first-order valence-corrected chi connectivity index (χ1v) is 4.61. The minimum absolute atomic E-state index is 0.634. The van der Waals surface area contributed by atoms with Crippen LogP contribution in [0.25, 0.3) is 0 Å². The number of aliphatic hydroxyl groups excluding tert-OH is 3. The van der Waals surface area contributed by atoms with Crippen molar-refractivity contribution >= 4 is 5.91 Å². The van der Waals surface area contributed by atoms with Gasteiger partial charge in [0.2, 0.25) is 5.91 Å². The van der Waals surface area contributed by atoms with Crippen LogP contribution in [0.5, 0.6) is 0 Å². The molecule has 0 aromatic carbocycles. The summed E-state index contributed by atoms with van der Waals surface area (Å²) >= 11 is 0. The number of carbonyl (C=O) groups excluding carboxylic acids is 1. The predicted octanol–water partition coefficient (Wildman–Crippen LogP) is -2.78. The number of ether oxygens (including phenoxy) is 1. The molecule has 1 fully saturated rings. The SMILES string of the molecule is CC(=O)N[C@H]1C(O)O[C@H](CO)[C@](O)(F)[C@@H]1O. The topological polar surface area (TPSA) is 119 Å². The third-order valence-electron chi connectivity index (χ3n) is 2.35. The largest absolute Gasteiger partial charge is 0.393 e. The van der Waals surface area contributed by atoms with Gasteiger partial charge < -0.3 is 30.5 Å². The number of carbonyl (C=O) groups is 1. The van der Waals surface area contributed by atoms with E-state index in [0.717, 1.165) is 6.92 Å². The number of nitrogens with one attached hydrogen (secondary N) is 1. The molecule has 7 nitrogen and oxygen atoms in total. The maximum Gasteiger partial charge on any atom is 0.263 e. The van der Waals surface area contributed by atoms with Gasteiger partial charge in [0.05, 0.1) is 6.61 Å². The third-order valence-corrected chi connectivity index (χ3v) is 2.35. The van der Waals surface area contributed by atoms with E-state index < -0.39 is 42.9 Å². The molecule has 5 N–H and O–H groups in total. The summed E-state index contributed by atoms with van der Waals surface area (Å²) in [6, 6.07) is -1.50. The molecule has 1 aliphatic rings. The summed E-state index contributed by atoms with van der Waals surface area (Å²) in [5, 5.41) is 38.7. The van der Waals surface area contributed by atoms with Gasteiger partial charge in [-0.2, -0.15) is 0 Å². The lowest BCUT2D eigenvalue weighted by molar-refractivity contribution is -0.333. The number of amides is 1. The number of hydrogen-bond acceptors (Lipinski definition) is 6. The molecule has 0 bridgehead atoms. The van der Waals surface area contributed by atoms with Crippen molar-refractivity contribution < 1.29 is 34.3 Å². The Balaban J connectivity index is 2.86. The van der Waals surface area contributed by atoms with Gasteiger partial charge in [0.1, 0.15) is 18.2 Å². The fourth-order valence-electron chi connectivity index (χ4n) is 1.50. The average Bonchev–Trinajstić information content (AvgIpc) is 2.18. The molecule has 16 heavy (non-hydrogen) atoms. The van der Waals surface area contributed by atoms with E-state index in [-0.39, 0.29) is 0 Å². The van der Waals surface area contributed by atoms with Crippen LogP contribution in [0.15, 0.2) is 0 Å². The van der Waals surface area contributed by atoms with Gasteiger partial charge in [-0.15, -0.1) is 0 Å². The quantitative estimate of drug-likeness (QED) is 0.355. The Morgan fingerprint density at radius 2 is 2.12 bits per heavy atom. The summed E-state index contributed by atoms with van der Waals surface area (Å²) in [7, 11) is 0. The van der Waals surface area contributed by atoms with E-state index in [1.165, 1.54) is 0 Å². The zero-order valence-electron chi connectivity index (χ0n) is 8.50. The van der Waals surface area contributed by atoms with E-state index in [9.17, 15) is 24.5 Å². The zero-order valence-corrected chi connectivity index (χ0v) is 8.50. The van der Waals surface area contributed by atoms with Gasteiger partial charge in [0, 0.05) is 6.92 Å². The molecule has 0 aromatic rings. The van der Waals surface area contributed by atoms with E-state index in [4.69, 9.17) is 5.11 Å². The number of alkyl halides is 1. The van der Waals surface area contributed by atoms with Crippen molar-refractivity contribution in [3.63, 3.8) is 0 Å². The Morgan fingerprint density at radius 1 is 1.56 bits per heavy atom. The Morgan fingerprint density at radius 3 is 2.56 bits per heavy atom. The summed E-state index contributed by atoms with van der Waals surface area (Å²) in [5.41, 5.74) is 0. The van der Waals surface area contributed by atoms with Crippen LogP contribution in [0.1, 0.15) is 6.92 Å². The highest BCUT2D eigenvalue weighted by molar-refractivity contribution is 5.73. The Labute approximate surface area is 90.5 Å². The summed E-state index contributed by atoms with van der Waals surface area (Å²) in [6.07, 6.45) is -5.59. The van der Waals surface area contributed by atoms with E-state index in [1.807, 2.05) is 5.32 Å². The molecular weight excluding hydrogens is 225 g/mol. The van der Waals surface area contributed by atoms with Gasteiger partial charge >= 0.3 is 0 Å². The molecule has 1 unspecified atom stereocenters. The lowest BCUT2D eigenvalue weighted by Crippen LogP contribution is -2.68. The second-order valence-corrected chi connectivity index (χ2v) is 3.60. The van der Waals surface area contributed by atoms with Crippen LogP contribution in [0.3, 0.4) is 0 Å². The monoisotopic (exact) mass is 239 g/mol. The summed E-state index contributed by atoms with van der Waals surface area (Å²) < 4.78 is 18.1. The predicted molar refractivity (Wildman–Crippen MR) is 47.6 cm³/mol. The number of hydrogen-bond donors (Lipinski definition) is 5. The first kappa shape index (κ1) is 13.3. The van der Waals surface area contributed by atoms with Gasteiger partial charge in [-0.3, -0.25) is 4.79 Å². The van der Waals surface area contributed by atoms with Crippen LogP contribution < -0.4 is 5.32 Å². The molecule has 94 valence electrons. The van der Waals surface area contributed by atoms with Crippen LogP contribution in [0, 0.1) is 0 Å². The average molecular weight is 239 g/mol. The van der Waals surface area contributed by atoms with Crippen molar-refractivity contribution in [3.05, 3.63) is 0 Å². The Bertz CT molecular complexity index is 273. The molecule has 1 aliphatic heterocycles. The van der Waals surface area contributed by atoms with Crippen LogP contribution >= 0.6 is 0 Å². The smallest absolute Gasteiger partial charge is 0.263 e. The molecule has 0 radical (unpaired) electrons. The fourth-order valence-corrected chi connectivity index (χ4v) is 1.50. The molecular formula is C8H14FNO6. The van der Waals surface area contributed by atoms with Crippen LogP contribution in [-0.4, -0.2) is 63.3 Å². The van der Waals surface area contributed by atoms with E-state index >= 15 is 0 Å². The van der Waals surface area contributed by atoms with Gasteiger partial charge in [-0.1, -0.05) is 0 Å². The van der Waals surface area contributed by atoms with E-state index in [2.05, 4.69) is 4.74 Å². The number of aliphatic hydroxyl groups is 4. The summed E-state index contributed by atoms with van der Waals surface area (Å²) in [5.74, 6) is -3.88. The van der Waals surface area contributed by atoms with E-state index in [0.29, 0.717) is 0 Å². The lowest BCUT2D eigenvalue weighted by Gasteiger charge is -2.43. The van der Waals surface area contributed by atoms with Crippen LogP contribution in [0.2, 0.25) is 0 Å². The summed E-state index contributed by atoms with van der Waals surface area (Å²) in [6.45, 7) is 0.169. The molecule has 0 aliphatic carbocycles. The minimum Gasteiger partial charge on any atom is -0.393 e. The van der Waals surface area contributed by atoms with Gasteiger partial charge in [0.25, 0.3) is 5.85 Å². The molecule has 1 saturated heterocycles. The van der Waals surface area contributed by atoms with Crippen molar-refractivity contribution in [3.8, 4) is 0 Å². The minimum atomic E-state index is -3.25. The van der Waals surface area contributed by atoms with Crippen molar-refractivity contribution in [1.29, 1.82) is 0 Å². The van der Waals surface area contributed by atoms with Gasteiger partial charge in [-0.05, 0) is 0 Å². The highest BCUT2D eigenvalue weighted by Gasteiger charge is 2.55. The van der Waals surface area contributed by atoms with Crippen molar-refractivity contribution in [1.82, 2.24) is 5.32 Å². The number of halogens is 1. The Kier molecular flexibility index (Phi) is 3.81. The van der Waals surface area contributed by atoms with Gasteiger partial charge in [-0.25, -0.2) is 4.39 Å². The maximum atomic E-state index is 13.6. The van der Waals surface area contributed by atoms with Crippen molar-refractivity contribution in [2.75, 3.05) is 6.61 Å². The van der Waals surface area contributed by atoms with Crippen LogP contribution in [0.4, 0.5) is 4.39 Å². The Hall–Kier alpha value is -0.800. The molecule has 1 amide bonds. The fraction of sp³-hybridized carbons (Fsp3) is 0.875. The first-order valence-electron chi connectivity index (χ1n) is 4.61. The highest BCUT2D eigenvalue weighted by Crippen LogP contribution is 2.30. The normalized spacial score (nSPS) is 44.1. The maximum absolute atomic E-state index is 13.6. The zero-order chi connectivity index (χ0) is 12.5. The van der Waals surface area contributed by atoms with E-state index in [1.54, 1.807) is 0 Å². The molecule has 0 spiro atoms. The highest BCUT2D eigenvalue weighted by atomic mass is 19.2. The number of rotatable bonds is 2. The molecule has 1 rings (SSSR count). The third kappa shape index (κ3) is 2.30. The van der Waals surface area contributed by atoms with Gasteiger partial charge in [0.15, 0.2) is 6.29 Å². The molecule has 1 heterocycles. The molecule has 0 aromatic heterocycles. The standard InChI is InChI=1S/C8H14FNO6/c1-3(12)10-5-6(13)8(9,15)4(2-11)16-7(5)14/h4-7,11,13-15H,2H2,1H3,(H,10,12)/t4-,5-,6-,7?,8-/m1/s1.